The van der Waals surface area contributed by atoms with E-state index >= 15 is 0 Å². The van der Waals surface area contributed by atoms with E-state index in [9.17, 15) is 4.79 Å². The highest BCUT2D eigenvalue weighted by Crippen LogP contribution is 2.23. The van der Waals surface area contributed by atoms with Crippen molar-refractivity contribution in [2.24, 2.45) is 0 Å². The number of aryl methyl sites for hydroxylation is 3. The van der Waals surface area contributed by atoms with Crippen molar-refractivity contribution in [3.8, 4) is 0 Å². The van der Waals surface area contributed by atoms with Gasteiger partial charge >= 0.3 is 0 Å². The fourth-order valence-electron chi connectivity index (χ4n) is 2.52. The van der Waals surface area contributed by atoms with Crippen LogP contribution in [0.25, 0.3) is 0 Å². The molecule has 0 fully saturated rings. The number of amides is 1. The number of benzene rings is 1. The second-order valence-corrected chi connectivity index (χ2v) is 6.88. The van der Waals surface area contributed by atoms with Crippen LogP contribution in [-0.4, -0.2) is 16.0 Å². The van der Waals surface area contributed by atoms with Crippen LogP contribution in [0.4, 0.5) is 5.13 Å². The molecule has 0 radical (unpaired) electrons. The zero-order chi connectivity index (χ0) is 17.1. The van der Waals surface area contributed by atoms with Gasteiger partial charge in [-0.05, 0) is 31.9 Å². The maximum absolute atomic E-state index is 12.2. The molecule has 0 atom stereocenters. The summed E-state index contributed by atoms with van der Waals surface area (Å²) < 4.78 is 5.09. The number of anilines is 1. The Morgan fingerprint density at radius 2 is 2.04 bits per heavy atom. The summed E-state index contributed by atoms with van der Waals surface area (Å²) in [6, 6.07) is 8.29. The van der Waals surface area contributed by atoms with Gasteiger partial charge in [0.15, 0.2) is 5.13 Å². The van der Waals surface area contributed by atoms with Crippen LogP contribution < -0.4 is 5.32 Å². The van der Waals surface area contributed by atoms with Crippen LogP contribution in [0.5, 0.6) is 0 Å². The molecular weight excluding hydrogens is 322 g/mol. The molecule has 24 heavy (non-hydrogen) atoms. The van der Waals surface area contributed by atoms with Crippen molar-refractivity contribution < 1.29 is 9.32 Å². The van der Waals surface area contributed by atoms with Crippen molar-refractivity contribution in [3.63, 3.8) is 0 Å². The van der Waals surface area contributed by atoms with Gasteiger partial charge in [0.2, 0.25) is 5.91 Å². The lowest BCUT2D eigenvalue weighted by atomic mass is 10.1. The Morgan fingerprint density at radius 3 is 2.75 bits per heavy atom. The van der Waals surface area contributed by atoms with Crippen molar-refractivity contribution in [2.45, 2.75) is 33.6 Å². The molecule has 0 saturated heterocycles. The molecule has 6 heteroatoms. The number of rotatable bonds is 5. The molecule has 0 aliphatic rings. The molecule has 0 bridgehead atoms. The topological polar surface area (TPSA) is 68.0 Å². The van der Waals surface area contributed by atoms with Crippen molar-refractivity contribution in [2.75, 3.05) is 5.32 Å². The Labute approximate surface area is 144 Å². The fraction of sp³-hybridized carbons (Fsp3) is 0.278. The van der Waals surface area contributed by atoms with Crippen LogP contribution in [0.3, 0.4) is 0 Å². The highest BCUT2D eigenvalue weighted by Gasteiger charge is 2.14. The lowest BCUT2D eigenvalue weighted by Gasteiger charge is -2.03. The average Bonchev–Trinajstić information content (AvgIpc) is 3.11. The molecule has 1 amide bonds. The Morgan fingerprint density at radius 1 is 1.25 bits per heavy atom. The van der Waals surface area contributed by atoms with Gasteiger partial charge in [-0.15, -0.1) is 11.3 Å². The molecule has 1 aromatic carbocycles. The van der Waals surface area contributed by atoms with Crippen molar-refractivity contribution in [3.05, 3.63) is 63.5 Å². The predicted octanol–water partition coefficient (Wildman–Crippen LogP) is 3.83. The number of hydrogen-bond acceptors (Lipinski definition) is 5. The average molecular weight is 341 g/mol. The van der Waals surface area contributed by atoms with Gasteiger partial charge in [-0.1, -0.05) is 29.4 Å². The maximum atomic E-state index is 12.2. The standard InChI is InChI=1S/C18H19N3O2S/c1-11-6-4-5-7-14(11)8-15-10-19-18(24-15)20-17(22)9-16-12(2)21-23-13(16)3/h4-7,10H,8-9H2,1-3H3,(H,19,20,22). The smallest absolute Gasteiger partial charge is 0.230 e. The van der Waals surface area contributed by atoms with E-state index in [0.29, 0.717) is 10.9 Å². The van der Waals surface area contributed by atoms with E-state index in [1.807, 2.05) is 32.2 Å². The highest BCUT2D eigenvalue weighted by atomic mass is 32.1. The minimum atomic E-state index is -0.110. The molecule has 0 aliphatic heterocycles. The largest absolute Gasteiger partial charge is 0.361 e. The first-order valence-electron chi connectivity index (χ1n) is 7.73. The summed E-state index contributed by atoms with van der Waals surface area (Å²) in [4.78, 5) is 17.6. The van der Waals surface area contributed by atoms with E-state index in [-0.39, 0.29) is 12.3 Å². The zero-order valence-electron chi connectivity index (χ0n) is 13.9. The van der Waals surface area contributed by atoms with Crippen LogP contribution in [0.2, 0.25) is 0 Å². The van der Waals surface area contributed by atoms with E-state index in [4.69, 9.17) is 4.52 Å². The minimum absolute atomic E-state index is 0.110. The zero-order valence-corrected chi connectivity index (χ0v) is 14.7. The lowest BCUT2D eigenvalue weighted by Crippen LogP contribution is -2.14. The third-order valence-electron chi connectivity index (χ3n) is 3.94. The van der Waals surface area contributed by atoms with Gasteiger partial charge in [-0.2, -0.15) is 0 Å². The summed E-state index contributed by atoms with van der Waals surface area (Å²) in [5, 5.41) is 7.34. The van der Waals surface area contributed by atoms with Crippen LogP contribution in [-0.2, 0) is 17.6 Å². The number of thiazole rings is 1. The first-order chi connectivity index (χ1) is 11.5. The summed E-state index contributed by atoms with van der Waals surface area (Å²) in [6.07, 6.45) is 2.89. The second kappa shape index (κ2) is 6.97. The molecular formula is C18H19N3O2S. The summed E-state index contributed by atoms with van der Waals surface area (Å²) in [7, 11) is 0. The van der Waals surface area contributed by atoms with Crippen LogP contribution >= 0.6 is 11.3 Å². The SMILES string of the molecule is Cc1ccccc1Cc1cnc(NC(=O)Cc2c(C)noc2C)s1. The summed E-state index contributed by atoms with van der Waals surface area (Å²) in [6.45, 7) is 5.75. The molecule has 124 valence electrons. The molecule has 3 aromatic rings. The summed E-state index contributed by atoms with van der Waals surface area (Å²) in [5.74, 6) is 0.572. The number of nitrogens with one attached hydrogen (secondary N) is 1. The van der Waals surface area contributed by atoms with Gasteiger partial charge in [0.25, 0.3) is 0 Å². The second-order valence-electron chi connectivity index (χ2n) is 5.76. The van der Waals surface area contributed by atoms with Crippen LogP contribution in [0.1, 0.15) is 33.0 Å². The van der Waals surface area contributed by atoms with Crippen molar-refractivity contribution in [1.29, 1.82) is 0 Å². The van der Waals surface area contributed by atoms with Gasteiger partial charge in [-0.3, -0.25) is 4.79 Å². The third-order valence-corrected chi connectivity index (χ3v) is 4.86. The fourth-order valence-corrected chi connectivity index (χ4v) is 3.37. The van der Waals surface area contributed by atoms with Gasteiger partial charge in [0.1, 0.15) is 5.76 Å². The first-order valence-corrected chi connectivity index (χ1v) is 8.55. The van der Waals surface area contributed by atoms with E-state index in [0.717, 1.165) is 22.6 Å². The van der Waals surface area contributed by atoms with Gasteiger partial charge in [0, 0.05) is 23.1 Å². The van der Waals surface area contributed by atoms with Crippen LogP contribution in [0, 0.1) is 20.8 Å². The van der Waals surface area contributed by atoms with Gasteiger partial charge in [-0.25, -0.2) is 4.98 Å². The normalized spacial score (nSPS) is 10.8. The molecule has 0 unspecified atom stereocenters. The van der Waals surface area contributed by atoms with Crippen molar-refractivity contribution in [1.82, 2.24) is 10.1 Å². The van der Waals surface area contributed by atoms with Gasteiger partial charge in [0.05, 0.1) is 12.1 Å². The highest BCUT2D eigenvalue weighted by molar-refractivity contribution is 7.15. The summed E-state index contributed by atoms with van der Waals surface area (Å²) in [5.41, 5.74) is 4.12. The van der Waals surface area contributed by atoms with Crippen LogP contribution in [0.15, 0.2) is 35.0 Å². The van der Waals surface area contributed by atoms with Crippen molar-refractivity contribution >= 4 is 22.4 Å². The summed E-state index contributed by atoms with van der Waals surface area (Å²) >= 11 is 1.50. The van der Waals surface area contributed by atoms with E-state index in [1.165, 1.54) is 22.5 Å². The first kappa shape index (κ1) is 16.4. The number of nitrogens with zero attached hydrogens (tertiary/aromatic N) is 2. The molecule has 3 rings (SSSR count). The Kier molecular flexibility index (Phi) is 4.76. The number of carbonyl (C=O) groups excluding carboxylic acids is 1. The molecule has 2 heterocycles. The number of carbonyl (C=O) groups is 1. The molecule has 2 aromatic heterocycles. The quantitative estimate of drug-likeness (QED) is 0.766. The number of hydrogen-bond donors (Lipinski definition) is 1. The molecule has 1 N–H and O–H groups in total. The lowest BCUT2D eigenvalue weighted by molar-refractivity contribution is -0.115. The minimum Gasteiger partial charge on any atom is -0.361 e. The molecule has 5 nitrogen and oxygen atoms in total. The van der Waals surface area contributed by atoms with E-state index < -0.39 is 0 Å². The Hall–Kier alpha value is -2.47. The molecule has 0 spiro atoms. The Bertz CT molecular complexity index is 847. The maximum Gasteiger partial charge on any atom is 0.230 e. The molecule has 0 aliphatic carbocycles. The number of aromatic nitrogens is 2. The van der Waals surface area contributed by atoms with Gasteiger partial charge < -0.3 is 9.84 Å². The Balaban J connectivity index is 1.64. The van der Waals surface area contributed by atoms with E-state index in [2.05, 4.69) is 34.5 Å². The van der Waals surface area contributed by atoms with E-state index in [1.54, 1.807) is 0 Å². The molecule has 0 saturated carbocycles. The monoisotopic (exact) mass is 341 g/mol. The predicted molar refractivity (Wildman–Crippen MR) is 94.4 cm³/mol. The third kappa shape index (κ3) is 3.71.